The van der Waals surface area contributed by atoms with Gasteiger partial charge in [-0.05, 0) is 49.9 Å². The van der Waals surface area contributed by atoms with Crippen LogP contribution in [-0.4, -0.2) is 25.6 Å². The topological polar surface area (TPSA) is 50.4 Å². The molecule has 1 saturated carbocycles. The summed E-state index contributed by atoms with van der Waals surface area (Å²) in [7, 11) is 0. The second-order valence-electron chi connectivity index (χ2n) is 6.49. The first-order chi connectivity index (χ1) is 10.7. The van der Waals surface area contributed by atoms with E-state index in [1.54, 1.807) is 0 Å². The summed E-state index contributed by atoms with van der Waals surface area (Å²) >= 11 is 0. The highest BCUT2D eigenvalue weighted by molar-refractivity contribution is 5.83. The van der Waals surface area contributed by atoms with Crippen molar-refractivity contribution in [3.63, 3.8) is 0 Å². The van der Waals surface area contributed by atoms with Gasteiger partial charge >= 0.3 is 0 Å². The van der Waals surface area contributed by atoms with E-state index in [4.69, 9.17) is 4.74 Å². The molecule has 3 rings (SSSR count). The monoisotopic (exact) mass is 302 g/mol. The van der Waals surface area contributed by atoms with E-state index < -0.39 is 0 Å². The van der Waals surface area contributed by atoms with E-state index in [-0.39, 0.29) is 11.3 Å². The zero-order valence-corrected chi connectivity index (χ0v) is 13.4. The number of carbonyl (C=O) groups is 1. The molecule has 1 amide bonds. The van der Waals surface area contributed by atoms with Gasteiger partial charge in [-0.3, -0.25) is 4.79 Å². The van der Waals surface area contributed by atoms with Crippen molar-refractivity contribution in [1.82, 2.24) is 10.6 Å². The predicted octanol–water partition coefficient (Wildman–Crippen LogP) is 2.48. The first kappa shape index (κ1) is 15.3. The Kier molecular flexibility index (Phi) is 4.67. The van der Waals surface area contributed by atoms with Crippen LogP contribution < -0.4 is 15.4 Å². The maximum absolute atomic E-state index is 12.8. The SMILES string of the molecule is CCOc1ccc(CNC(=O)[C@@]23CCCC[C@H]2CNC3)cc1. The molecule has 4 nitrogen and oxygen atoms in total. The van der Waals surface area contributed by atoms with E-state index in [1.807, 2.05) is 31.2 Å². The first-order valence-corrected chi connectivity index (χ1v) is 8.45. The molecular weight excluding hydrogens is 276 g/mol. The molecule has 1 aromatic rings. The lowest BCUT2D eigenvalue weighted by Crippen LogP contribution is -2.47. The van der Waals surface area contributed by atoms with Crippen molar-refractivity contribution in [2.75, 3.05) is 19.7 Å². The molecule has 2 atom stereocenters. The van der Waals surface area contributed by atoms with Crippen molar-refractivity contribution < 1.29 is 9.53 Å². The van der Waals surface area contributed by atoms with Crippen LogP contribution in [-0.2, 0) is 11.3 Å². The van der Waals surface area contributed by atoms with Gasteiger partial charge in [0.05, 0.1) is 12.0 Å². The lowest BCUT2D eigenvalue weighted by molar-refractivity contribution is -0.134. The van der Waals surface area contributed by atoms with E-state index >= 15 is 0 Å². The molecule has 2 fully saturated rings. The van der Waals surface area contributed by atoms with E-state index in [2.05, 4.69) is 10.6 Å². The fourth-order valence-corrected chi connectivity index (χ4v) is 3.92. The van der Waals surface area contributed by atoms with Gasteiger partial charge in [-0.25, -0.2) is 0 Å². The number of hydrogen-bond donors (Lipinski definition) is 2. The van der Waals surface area contributed by atoms with Gasteiger partial charge in [0.25, 0.3) is 0 Å². The van der Waals surface area contributed by atoms with Crippen LogP contribution in [0.1, 0.15) is 38.2 Å². The molecule has 120 valence electrons. The second-order valence-corrected chi connectivity index (χ2v) is 6.49. The molecule has 0 unspecified atom stereocenters. The Labute approximate surface area is 132 Å². The molecule has 1 aliphatic heterocycles. The summed E-state index contributed by atoms with van der Waals surface area (Å²) in [6.07, 6.45) is 4.65. The van der Waals surface area contributed by atoms with Crippen LogP contribution in [0.5, 0.6) is 5.75 Å². The van der Waals surface area contributed by atoms with Crippen molar-refractivity contribution in [2.45, 2.75) is 39.2 Å². The standard InChI is InChI=1S/C18H26N2O2/c1-2-22-16-8-6-14(7-9-16)11-20-17(21)18-10-4-3-5-15(18)12-19-13-18/h6-9,15,19H,2-5,10-13H2,1H3,(H,20,21)/t15-,18+/m0/s1. The summed E-state index contributed by atoms with van der Waals surface area (Å²) < 4.78 is 5.44. The van der Waals surface area contributed by atoms with Gasteiger partial charge in [-0.15, -0.1) is 0 Å². The minimum Gasteiger partial charge on any atom is -0.494 e. The maximum atomic E-state index is 12.8. The largest absolute Gasteiger partial charge is 0.494 e. The summed E-state index contributed by atoms with van der Waals surface area (Å²) in [6.45, 7) is 5.08. The third-order valence-electron chi connectivity index (χ3n) is 5.18. The number of rotatable bonds is 5. The van der Waals surface area contributed by atoms with Crippen LogP contribution >= 0.6 is 0 Å². The molecule has 0 spiro atoms. The Hall–Kier alpha value is -1.55. The Morgan fingerprint density at radius 2 is 2.18 bits per heavy atom. The number of amides is 1. The molecule has 2 aliphatic rings. The lowest BCUT2D eigenvalue weighted by Gasteiger charge is -2.37. The molecular formula is C18H26N2O2. The number of fused-ring (bicyclic) bond motifs is 1. The highest BCUT2D eigenvalue weighted by atomic mass is 16.5. The lowest BCUT2D eigenvalue weighted by atomic mass is 9.67. The summed E-state index contributed by atoms with van der Waals surface area (Å²) in [5.41, 5.74) is 0.954. The van der Waals surface area contributed by atoms with Crippen molar-refractivity contribution in [3.8, 4) is 5.75 Å². The molecule has 0 radical (unpaired) electrons. The van der Waals surface area contributed by atoms with Gasteiger partial charge in [0.1, 0.15) is 5.75 Å². The average molecular weight is 302 g/mol. The molecule has 22 heavy (non-hydrogen) atoms. The van der Waals surface area contributed by atoms with Crippen molar-refractivity contribution in [2.24, 2.45) is 11.3 Å². The van der Waals surface area contributed by atoms with Gasteiger partial charge in [0, 0.05) is 13.1 Å². The van der Waals surface area contributed by atoms with Crippen molar-refractivity contribution >= 4 is 5.91 Å². The van der Waals surface area contributed by atoms with Crippen molar-refractivity contribution in [3.05, 3.63) is 29.8 Å². The van der Waals surface area contributed by atoms with Crippen LogP contribution in [0.15, 0.2) is 24.3 Å². The molecule has 0 bridgehead atoms. The number of nitrogens with one attached hydrogen (secondary N) is 2. The summed E-state index contributed by atoms with van der Waals surface area (Å²) in [6, 6.07) is 7.97. The van der Waals surface area contributed by atoms with E-state index in [0.717, 1.165) is 30.8 Å². The molecule has 1 heterocycles. The highest BCUT2D eigenvalue weighted by Gasteiger charge is 2.49. The second kappa shape index (κ2) is 6.69. The minimum absolute atomic E-state index is 0.163. The van der Waals surface area contributed by atoms with Crippen LogP contribution in [0.4, 0.5) is 0 Å². The van der Waals surface area contributed by atoms with Gasteiger partial charge < -0.3 is 15.4 Å². The predicted molar refractivity (Wildman–Crippen MR) is 86.7 cm³/mol. The third kappa shape index (κ3) is 2.98. The maximum Gasteiger partial charge on any atom is 0.228 e. The Morgan fingerprint density at radius 3 is 2.95 bits per heavy atom. The fourth-order valence-electron chi connectivity index (χ4n) is 3.92. The van der Waals surface area contributed by atoms with Crippen LogP contribution in [0, 0.1) is 11.3 Å². The summed E-state index contributed by atoms with van der Waals surface area (Å²) in [5, 5.41) is 6.59. The number of benzene rings is 1. The Morgan fingerprint density at radius 1 is 1.36 bits per heavy atom. The first-order valence-electron chi connectivity index (χ1n) is 8.45. The number of carbonyl (C=O) groups excluding carboxylic acids is 1. The van der Waals surface area contributed by atoms with Crippen LogP contribution in [0.2, 0.25) is 0 Å². The third-order valence-corrected chi connectivity index (χ3v) is 5.18. The van der Waals surface area contributed by atoms with E-state index in [0.29, 0.717) is 19.1 Å². The molecule has 4 heteroatoms. The fraction of sp³-hybridized carbons (Fsp3) is 0.611. The van der Waals surface area contributed by atoms with Crippen LogP contribution in [0.3, 0.4) is 0 Å². The smallest absolute Gasteiger partial charge is 0.228 e. The number of ether oxygens (including phenoxy) is 1. The van der Waals surface area contributed by atoms with E-state index in [1.165, 1.54) is 19.3 Å². The molecule has 0 aromatic heterocycles. The van der Waals surface area contributed by atoms with Crippen LogP contribution in [0.25, 0.3) is 0 Å². The van der Waals surface area contributed by atoms with Gasteiger partial charge in [-0.1, -0.05) is 25.0 Å². The molecule has 1 aliphatic carbocycles. The zero-order valence-electron chi connectivity index (χ0n) is 13.4. The van der Waals surface area contributed by atoms with Gasteiger partial charge in [-0.2, -0.15) is 0 Å². The zero-order chi connectivity index (χ0) is 15.4. The Balaban J connectivity index is 1.59. The van der Waals surface area contributed by atoms with Gasteiger partial charge in [0.15, 0.2) is 0 Å². The quantitative estimate of drug-likeness (QED) is 0.878. The minimum atomic E-state index is -0.163. The summed E-state index contributed by atoms with van der Waals surface area (Å²) in [4.78, 5) is 12.8. The van der Waals surface area contributed by atoms with Gasteiger partial charge in [0.2, 0.25) is 5.91 Å². The summed E-state index contributed by atoms with van der Waals surface area (Å²) in [5.74, 6) is 1.63. The Bertz CT molecular complexity index is 514. The normalized spacial score (nSPS) is 27.2. The molecule has 2 N–H and O–H groups in total. The molecule has 1 saturated heterocycles. The number of hydrogen-bond acceptors (Lipinski definition) is 3. The molecule has 1 aromatic carbocycles. The average Bonchev–Trinajstić information content (AvgIpc) is 2.99. The van der Waals surface area contributed by atoms with Crippen molar-refractivity contribution in [1.29, 1.82) is 0 Å². The highest BCUT2D eigenvalue weighted by Crippen LogP contribution is 2.43. The van der Waals surface area contributed by atoms with E-state index in [9.17, 15) is 4.79 Å².